The Labute approximate surface area is 163 Å². The molecule has 0 bridgehead atoms. The highest BCUT2D eigenvalue weighted by atomic mass is 32.2. The van der Waals surface area contributed by atoms with Crippen LogP contribution in [0.15, 0.2) is 0 Å². The summed E-state index contributed by atoms with van der Waals surface area (Å²) in [5.41, 5.74) is 0. The van der Waals surface area contributed by atoms with Gasteiger partial charge < -0.3 is 4.90 Å². The molecule has 1 aromatic heterocycles. The van der Waals surface area contributed by atoms with Crippen molar-refractivity contribution in [2.24, 2.45) is 11.8 Å². The Hall–Kier alpha value is -1.15. The molecule has 1 saturated heterocycles. The van der Waals surface area contributed by atoms with Crippen LogP contribution in [0.2, 0.25) is 0 Å². The molecule has 8 heteroatoms. The van der Waals surface area contributed by atoms with Gasteiger partial charge in [-0.3, -0.25) is 4.57 Å². The van der Waals surface area contributed by atoms with Gasteiger partial charge in [0, 0.05) is 19.1 Å². The van der Waals surface area contributed by atoms with E-state index < -0.39 is 10.0 Å². The van der Waals surface area contributed by atoms with E-state index in [-0.39, 0.29) is 6.04 Å². The molecule has 1 aromatic rings. The SMILES string of the molecule is CC(NS(C)(=O)=O)c1nnc(N2CCCC3CCCC32)n1CC1CCCC1. The molecule has 3 atom stereocenters. The van der Waals surface area contributed by atoms with Crippen molar-refractivity contribution in [3.05, 3.63) is 5.82 Å². The van der Waals surface area contributed by atoms with Crippen molar-refractivity contribution in [3.8, 4) is 0 Å². The molecular weight excluding hydrogens is 362 g/mol. The maximum Gasteiger partial charge on any atom is 0.227 e. The van der Waals surface area contributed by atoms with Crippen LogP contribution in [-0.2, 0) is 16.6 Å². The zero-order valence-corrected chi connectivity index (χ0v) is 17.4. The zero-order chi connectivity index (χ0) is 19.0. The number of hydrogen-bond donors (Lipinski definition) is 1. The molecule has 1 aliphatic heterocycles. The van der Waals surface area contributed by atoms with Crippen molar-refractivity contribution in [1.29, 1.82) is 0 Å². The summed E-state index contributed by atoms with van der Waals surface area (Å²) >= 11 is 0. The molecule has 0 spiro atoms. The molecule has 1 N–H and O–H groups in total. The van der Waals surface area contributed by atoms with Crippen LogP contribution in [-0.4, -0.2) is 42.0 Å². The second-order valence-corrected chi connectivity index (χ2v) is 10.6. The third-order valence-electron chi connectivity index (χ3n) is 6.70. The maximum atomic E-state index is 11.7. The normalized spacial score (nSPS) is 27.9. The van der Waals surface area contributed by atoms with Crippen LogP contribution in [0.25, 0.3) is 0 Å². The van der Waals surface area contributed by atoms with Gasteiger partial charge in [0.2, 0.25) is 16.0 Å². The number of sulfonamides is 1. The lowest BCUT2D eigenvalue weighted by atomic mass is 9.92. The minimum absolute atomic E-state index is 0.369. The van der Waals surface area contributed by atoms with Gasteiger partial charge in [0.1, 0.15) is 0 Å². The van der Waals surface area contributed by atoms with Gasteiger partial charge in [-0.1, -0.05) is 19.3 Å². The van der Waals surface area contributed by atoms with Crippen molar-refractivity contribution in [3.63, 3.8) is 0 Å². The molecule has 2 saturated carbocycles. The number of piperidine rings is 1. The van der Waals surface area contributed by atoms with Gasteiger partial charge in [-0.05, 0) is 57.3 Å². The highest BCUT2D eigenvalue weighted by Gasteiger charge is 2.38. The Balaban J connectivity index is 1.65. The van der Waals surface area contributed by atoms with Crippen LogP contribution in [0.1, 0.15) is 76.6 Å². The minimum atomic E-state index is -3.29. The lowest BCUT2D eigenvalue weighted by Gasteiger charge is -2.38. The lowest BCUT2D eigenvalue weighted by molar-refractivity contribution is 0.350. The number of hydrogen-bond acceptors (Lipinski definition) is 5. The Morgan fingerprint density at radius 3 is 2.56 bits per heavy atom. The molecule has 7 nitrogen and oxygen atoms in total. The molecule has 4 rings (SSSR count). The van der Waals surface area contributed by atoms with E-state index in [2.05, 4.69) is 24.4 Å². The van der Waals surface area contributed by atoms with Crippen LogP contribution in [0, 0.1) is 11.8 Å². The van der Waals surface area contributed by atoms with Crippen molar-refractivity contribution in [2.75, 3.05) is 17.7 Å². The predicted molar refractivity (Wildman–Crippen MR) is 106 cm³/mol. The molecule has 2 heterocycles. The van der Waals surface area contributed by atoms with Gasteiger partial charge in [0.05, 0.1) is 12.3 Å². The molecule has 3 aliphatic rings. The molecule has 3 unspecified atom stereocenters. The van der Waals surface area contributed by atoms with Gasteiger partial charge in [-0.15, -0.1) is 10.2 Å². The second kappa shape index (κ2) is 7.70. The molecule has 0 amide bonds. The largest absolute Gasteiger partial charge is 0.338 e. The third-order valence-corrected chi connectivity index (χ3v) is 7.49. The highest BCUT2D eigenvalue weighted by molar-refractivity contribution is 7.88. The van der Waals surface area contributed by atoms with Crippen LogP contribution < -0.4 is 9.62 Å². The molecule has 3 fully saturated rings. The predicted octanol–water partition coefficient (Wildman–Crippen LogP) is 2.85. The second-order valence-electron chi connectivity index (χ2n) is 8.82. The van der Waals surface area contributed by atoms with Crippen molar-refractivity contribution < 1.29 is 8.42 Å². The Morgan fingerprint density at radius 2 is 1.81 bits per heavy atom. The summed E-state index contributed by atoms with van der Waals surface area (Å²) in [4.78, 5) is 2.49. The van der Waals surface area contributed by atoms with E-state index in [4.69, 9.17) is 0 Å². The lowest BCUT2D eigenvalue weighted by Crippen LogP contribution is -2.44. The van der Waals surface area contributed by atoms with E-state index in [1.165, 1.54) is 64.0 Å². The van der Waals surface area contributed by atoms with E-state index in [1.807, 2.05) is 6.92 Å². The first-order valence-corrected chi connectivity index (χ1v) is 12.5. The number of fused-ring (bicyclic) bond motifs is 1. The molecule has 27 heavy (non-hydrogen) atoms. The van der Waals surface area contributed by atoms with Crippen LogP contribution >= 0.6 is 0 Å². The molecule has 0 aromatic carbocycles. The monoisotopic (exact) mass is 395 g/mol. The van der Waals surface area contributed by atoms with Crippen LogP contribution in [0.5, 0.6) is 0 Å². The summed E-state index contributed by atoms with van der Waals surface area (Å²) in [6.07, 6.45) is 12.7. The molecule has 2 aliphatic carbocycles. The number of aromatic nitrogens is 3. The topological polar surface area (TPSA) is 80.1 Å². The Kier molecular flexibility index (Phi) is 5.47. The van der Waals surface area contributed by atoms with Crippen molar-refractivity contribution in [1.82, 2.24) is 19.5 Å². The van der Waals surface area contributed by atoms with Crippen molar-refractivity contribution >= 4 is 16.0 Å². The smallest absolute Gasteiger partial charge is 0.227 e. The average Bonchev–Trinajstić information content (AvgIpc) is 3.33. The van der Waals surface area contributed by atoms with Gasteiger partial charge >= 0.3 is 0 Å². The molecule has 0 radical (unpaired) electrons. The quantitative estimate of drug-likeness (QED) is 0.801. The standard InChI is InChI=1S/C19H33N5O2S/c1-14(22-27(2,25)26)18-20-21-19(24(18)13-15-7-3-4-8-15)23-12-6-10-16-9-5-11-17(16)23/h14-17,22H,3-13H2,1-2H3. The first-order chi connectivity index (χ1) is 12.9. The number of anilines is 1. The highest BCUT2D eigenvalue weighted by Crippen LogP contribution is 2.39. The van der Waals surface area contributed by atoms with Gasteiger partial charge in [0.25, 0.3) is 0 Å². The van der Waals surface area contributed by atoms with E-state index in [1.54, 1.807) is 0 Å². The summed E-state index contributed by atoms with van der Waals surface area (Å²) < 4.78 is 28.4. The van der Waals surface area contributed by atoms with Crippen molar-refractivity contribution in [2.45, 2.75) is 83.3 Å². The first kappa shape index (κ1) is 19.2. The van der Waals surface area contributed by atoms with Crippen LogP contribution in [0.4, 0.5) is 5.95 Å². The number of nitrogens with one attached hydrogen (secondary N) is 1. The first-order valence-electron chi connectivity index (χ1n) is 10.6. The third kappa shape index (κ3) is 4.16. The van der Waals surface area contributed by atoms with E-state index in [9.17, 15) is 8.42 Å². The average molecular weight is 396 g/mol. The summed E-state index contributed by atoms with van der Waals surface area (Å²) in [5.74, 6) is 3.15. The Morgan fingerprint density at radius 1 is 1.07 bits per heavy atom. The van der Waals surface area contributed by atoms with E-state index in [0.717, 1.165) is 30.8 Å². The van der Waals surface area contributed by atoms with E-state index >= 15 is 0 Å². The Bertz CT molecular complexity index is 756. The van der Waals surface area contributed by atoms with Crippen LogP contribution in [0.3, 0.4) is 0 Å². The molecule has 152 valence electrons. The number of rotatable bonds is 6. The van der Waals surface area contributed by atoms with Gasteiger partial charge in [0.15, 0.2) is 5.82 Å². The summed E-state index contributed by atoms with van der Waals surface area (Å²) in [7, 11) is -3.29. The zero-order valence-electron chi connectivity index (χ0n) is 16.6. The summed E-state index contributed by atoms with van der Waals surface area (Å²) in [6.45, 7) is 3.81. The number of nitrogens with zero attached hydrogens (tertiary/aromatic N) is 4. The minimum Gasteiger partial charge on any atom is -0.338 e. The fraction of sp³-hybridized carbons (Fsp3) is 0.895. The summed E-state index contributed by atoms with van der Waals surface area (Å²) in [6, 6.07) is 0.211. The van der Waals surface area contributed by atoms with Gasteiger partial charge in [-0.25, -0.2) is 13.1 Å². The summed E-state index contributed by atoms with van der Waals surface area (Å²) in [5, 5.41) is 9.07. The van der Waals surface area contributed by atoms with E-state index in [0.29, 0.717) is 12.0 Å². The maximum absolute atomic E-state index is 11.7. The fourth-order valence-electron chi connectivity index (χ4n) is 5.54. The van der Waals surface area contributed by atoms with Gasteiger partial charge in [-0.2, -0.15) is 0 Å². The molecular formula is C19H33N5O2S. The fourth-order valence-corrected chi connectivity index (χ4v) is 6.29.